The number of thiazole rings is 1. The predicted molar refractivity (Wildman–Crippen MR) is 87.3 cm³/mol. The number of carbonyl (C=O) groups is 1. The molecule has 118 valence electrons. The number of aromatic nitrogens is 1. The maximum Gasteiger partial charge on any atom is 0.228 e. The van der Waals surface area contributed by atoms with Gasteiger partial charge in [-0.3, -0.25) is 4.79 Å². The summed E-state index contributed by atoms with van der Waals surface area (Å²) < 4.78 is 0. The van der Waals surface area contributed by atoms with Gasteiger partial charge in [0.1, 0.15) is 0 Å². The molecule has 0 unspecified atom stereocenters. The highest BCUT2D eigenvalue weighted by molar-refractivity contribution is 7.13. The summed E-state index contributed by atoms with van der Waals surface area (Å²) in [5, 5.41) is 2.41. The van der Waals surface area contributed by atoms with Crippen molar-refractivity contribution in [3.63, 3.8) is 0 Å². The molecule has 0 radical (unpaired) electrons. The Morgan fingerprint density at radius 2 is 2.10 bits per heavy atom. The van der Waals surface area contributed by atoms with Gasteiger partial charge in [-0.15, -0.1) is 11.3 Å². The first-order chi connectivity index (χ1) is 10.1. The van der Waals surface area contributed by atoms with Crippen molar-refractivity contribution < 1.29 is 4.79 Å². The van der Waals surface area contributed by atoms with Crippen LogP contribution in [0.25, 0.3) is 0 Å². The molecule has 5 nitrogen and oxygen atoms in total. The zero-order valence-corrected chi connectivity index (χ0v) is 13.9. The lowest BCUT2D eigenvalue weighted by Gasteiger charge is -2.34. The molecule has 0 aromatic carbocycles. The monoisotopic (exact) mass is 310 g/mol. The van der Waals surface area contributed by atoms with Crippen LogP contribution in [0.3, 0.4) is 0 Å². The minimum absolute atomic E-state index is 0.182. The van der Waals surface area contributed by atoms with E-state index in [0.717, 1.165) is 57.2 Å². The normalized spacial score (nSPS) is 16.6. The molecule has 0 spiro atoms. The largest absolute Gasteiger partial charge is 0.375 e. The van der Waals surface area contributed by atoms with E-state index in [1.54, 1.807) is 0 Å². The molecule has 6 heteroatoms. The van der Waals surface area contributed by atoms with Gasteiger partial charge in [0.15, 0.2) is 5.13 Å². The Morgan fingerprint density at radius 1 is 1.43 bits per heavy atom. The Kier molecular flexibility index (Phi) is 5.99. The van der Waals surface area contributed by atoms with Crippen LogP contribution in [-0.2, 0) is 11.2 Å². The van der Waals surface area contributed by atoms with E-state index in [0.29, 0.717) is 11.6 Å². The molecule has 1 fully saturated rings. The van der Waals surface area contributed by atoms with E-state index >= 15 is 0 Å². The molecular formula is C15H26N4OS. The number of carbonyl (C=O) groups excluding carboxylic acids is 1. The van der Waals surface area contributed by atoms with Crippen molar-refractivity contribution >= 4 is 22.4 Å². The van der Waals surface area contributed by atoms with Gasteiger partial charge >= 0.3 is 0 Å². The van der Waals surface area contributed by atoms with Crippen LogP contribution in [0.4, 0.5) is 5.13 Å². The van der Waals surface area contributed by atoms with Gasteiger partial charge in [-0.1, -0.05) is 13.8 Å². The Balaban J connectivity index is 1.76. The van der Waals surface area contributed by atoms with Crippen LogP contribution in [0.5, 0.6) is 0 Å². The summed E-state index contributed by atoms with van der Waals surface area (Å²) in [6, 6.07) is 0. The molecule has 2 heterocycles. The fourth-order valence-corrected chi connectivity index (χ4v) is 3.45. The van der Waals surface area contributed by atoms with E-state index < -0.39 is 0 Å². The van der Waals surface area contributed by atoms with Gasteiger partial charge < -0.3 is 15.5 Å². The van der Waals surface area contributed by atoms with E-state index in [-0.39, 0.29) is 5.91 Å². The number of likely N-dealkylation sites (tertiary alicyclic amines) is 1. The Hall–Kier alpha value is -1.14. The number of piperidine rings is 1. The summed E-state index contributed by atoms with van der Waals surface area (Å²) in [6.45, 7) is 9.57. The molecule has 1 aromatic heterocycles. The average molecular weight is 310 g/mol. The van der Waals surface area contributed by atoms with Gasteiger partial charge in [-0.25, -0.2) is 4.98 Å². The SMILES string of the molecule is CCN(CC)CC1CCN(C(=O)Cc2csc(N)n2)CC1. The fourth-order valence-electron chi connectivity index (χ4n) is 2.88. The molecule has 2 N–H and O–H groups in total. The highest BCUT2D eigenvalue weighted by Gasteiger charge is 2.24. The first-order valence-corrected chi connectivity index (χ1v) is 8.70. The first-order valence-electron chi connectivity index (χ1n) is 7.82. The molecule has 0 aliphatic carbocycles. The van der Waals surface area contributed by atoms with Crippen molar-refractivity contribution in [1.82, 2.24) is 14.8 Å². The van der Waals surface area contributed by atoms with E-state index in [1.807, 2.05) is 10.3 Å². The average Bonchev–Trinajstić information content (AvgIpc) is 2.90. The van der Waals surface area contributed by atoms with Crippen LogP contribution in [0, 0.1) is 5.92 Å². The molecule has 0 atom stereocenters. The summed E-state index contributed by atoms with van der Waals surface area (Å²) in [7, 11) is 0. The van der Waals surface area contributed by atoms with E-state index in [9.17, 15) is 4.79 Å². The lowest BCUT2D eigenvalue weighted by atomic mass is 9.96. The summed E-state index contributed by atoms with van der Waals surface area (Å²) >= 11 is 1.40. The van der Waals surface area contributed by atoms with Crippen LogP contribution < -0.4 is 5.73 Å². The van der Waals surface area contributed by atoms with Crippen molar-refractivity contribution in [3.05, 3.63) is 11.1 Å². The maximum absolute atomic E-state index is 12.3. The molecule has 1 aliphatic rings. The summed E-state index contributed by atoms with van der Waals surface area (Å²) in [6.07, 6.45) is 2.61. The number of nitrogens with zero attached hydrogens (tertiary/aromatic N) is 3. The van der Waals surface area contributed by atoms with Crippen molar-refractivity contribution in [2.75, 3.05) is 38.5 Å². The van der Waals surface area contributed by atoms with Crippen LogP contribution in [0.1, 0.15) is 32.4 Å². The number of nitrogen functional groups attached to an aromatic ring is 1. The van der Waals surface area contributed by atoms with Crippen LogP contribution in [0.2, 0.25) is 0 Å². The highest BCUT2D eigenvalue weighted by atomic mass is 32.1. The Labute approximate surface area is 131 Å². The molecule has 1 aromatic rings. The van der Waals surface area contributed by atoms with Crippen LogP contribution in [0.15, 0.2) is 5.38 Å². The second kappa shape index (κ2) is 7.75. The van der Waals surface area contributed by atoms with E-state index in [4.69, 9.17) is 5.73 Å². The van der Waals surface area contributed by atoms with E-state index in [1.165, 1.54) is 11.3 Å². The fraction of sp³-hybridized carbons (Fsp3) is 0.733. The zero-order chi connectivity index (χ0) is 15.2. The molecule has 0 bridgehead atoms. The molecular weight excluding hydrogens is 284 g/mol. The number of anilines is 1. The van der Waals surface area contributed by atoms with Gasteiger partial charge in [-0.2, -0.15) is 0 Å². The van der Waals surface area contributed by atoms with Gasteiger partial charge in [0, 0.05) is 25.0 Å². The summed E-state index contributed by atoms with van der Waals surface area (Å²) in [5.41, 5.74) is 6.40. The minimum Gasteiger partial charge on any atom is -0.375 e. The van der Waals surface area contributed by atoms with Crippen molar-refractivity contribution in [3.8, 4) is 0 Å². The minimum atomic E-state index is 0.182. The highest BCUT2D eigenvalue weighted by Crippen LogP contribution is 2.20. The number of hydrogen-bond acceptors (Lipinski definition) is 5. The quantitative estimate of drug-likeness (QED) is 0.871. The molecule has 2 rings (SSSR count). The molecule has 1 saturated heterocycles. The summed E-state index contributed by atoms with van der Waals surface area (Å²) in [5.74, 6) is 0.908. The van der Waals surface area contributed by atoms with Crippen LogP contribution in [-0.4, -0.2) is 53.4 Å². The third-order valence-corrected chi connectivity index (χ3v) is 5.00. The number of rotatable bonds is 6. The molecule has 21 heavy (non-hydrogen) atoms. The lowest BCUT2D eigenvalue weighted by molar-refractivity contribution is -0.132. The third kappa shape index (κ3) is 4.68. The Bertz CT molecular complexity index is 450. The van der Waals surface area contributed by atoms with Gasteiger partial charge in [-0.05, 0) is 31.8 Å². The maximum atomic E-state index is 12.3. The first kappa shape index (κ1) is 16.2. The van der Waals surface area contributed by atoms with Crippen LogP contribution >= 0.6 is 11.3 Å². The molecule has 1 amide bonds. The number of amides is 1. The van der Waals surface area contributed by atoms with Gasteiger partial charge in [0.25, 0.3) is 0 Å². The predicted octanol–water partition coefficient (Wildman–Crippen LogP) is 1.85. The standard InChI is InChI=1S/C15H26N4OS/c1-3-18(4-2)10-12-5-7-19(8-6-12)14(20)9-13-11-21-15(16)17-13/h11-12H,3-10H2,1-2H3,(H2,16,17). The lowest BCUT2D eigenvalue weighted by Crippen LogP contribution is -2.42. The zero-order valence-electron chi connectivity index (χ0n) is 13.0. The Morgan fingerprint density at radius 3 is 2.62 bits per heavy atom. The second-order valence-electron chi connectivity index (χ2n) is 5.66. The molecule has 0 saturated carbocycles. The molecule has 1 aliphatic heterocycles. The number of nitrogens with two attached hydrogens (primary N) is 1. The van der Waals surface area contributed by atoms with Gasteiger partial charge in [0.2, 0.25) is 5.91 Å². The van der Waals surface area contributed by atoms with Crippen molar-refractivity contribution in [2.24, 2.45) is 5.92 Å². The topological polar surface area (TPSA) is 62.5 Å². The van der Waals surface area contributed by atoms with E-state index in [2.05, 4.69) is 23.7 Å². The van der Waals surface area contributed by atoms with Gasteiger partial charge in [0.05, 0.1) is 12.1 Å². The summed E-state index contributed by atoms with van der Waals surface area (Å²) in [4.78, 5) is 20.9. The number of hydrogen-bond donors (Lipinski definition) is 1. The third-order valence-electron chi connectivity index (χ3n) is 4.28. The van der Waals surface area contributed by atoms with Crippen molar-refractivity contribution in [1.29, 1.82) is 0 Å². The second-order valence-corrected chi connectivity index (χ2v) is 6.55. The smallest absolute Gasteiger partial charge is 0.228 e. The van der Waals surface area contributed by atoms with Crippen molar-refractivity contribution in [2.45, 2.75) is 33.1 Å².